The van der Waals surface area contributed by atoms with Gasteiger partial charge in [-0.3, -0.25) is 0 Å². The summed E-state index contributed by atoms with van der Waals surface area (Å²) in [4.78, 5) is 0. The molecule has 1 nitrogen and oxygen atoms in total. The van der Waals surface area contributed by atoms with E-state index in [0.717, 1.165) is 12.8 Å². The van der Waals surface area contributed by atoms with E-state index in [0.29, 0.717) is 12.8 Å². The number of hydrogen-bond acceptors (Lipinski definition) is 1. The summed E-state index contributed by atoms with van der Waals surface area (Å²) in [6.07, 6.45) is 17.8. The Morgan fingerprint density at radius 1 is 0.636 bits per heavy atom. The third-order valence-corrected chi connectivity index (χ3v) is 4.67. The number of aliphatic hydroxyl groups excluding tert-OH is 1. The van der Waals surface area contributed by atoms with Gasteiger partial charge in [0.15, 0.2) is 0 Å². The molecule has 0 saturated carbocycles. The van der Waals surface area contributed by atoms with Crippen molar-refractivity contribution in [2.45, 2.75) is 129 Å². The lowest BCUT2D eigenvalue weighted by Crippen LogP contribution is -2.20. The van der Waals surface area contributed by atoms with Crippen LogP contribution in [0.1, 0.15) is 117 Å². The van der Waals surface area contributed by atoms with Gasteiger partial charge in [0.2, 0.25) is 0 Å². The topological polar surface area (TPSA) is 20.2 Å². The second-order valence-electron chi connectivity index (χ2n) is 6.88. The van der Waals surface area contributed by atoms with Gasteiger partial charge >= 0.3 is 0 Å². The highest BCUT2D eigenvalue weighted by atomic mass is 19.1. The monoisotopic (exact) mass is 316 g/mol. The Kier molecular flexibility index (Phi) is 17.2. The summed E-state index contributed by atoms with van der Waals surface area (Å²) in [6, 6.07) is 0. The fourth-order valence-corrected chi connectivity index (χ4v) is 2.98. The summed E-state index contributed by atoms with van der Waals surface area (Å²) in [5, 5.41) is 9.36. The van der Waals surface area contributed by atoms with Gasteiger partial charge < -0.3 is 5.11 Å². The molecule has 0 spiro atoms. The molecule has 2 heteroatoms. The van der Waals surface area contributed by atoms with Crippen molar-refractivity contribution in [3.63, 3.8) is 0 Å². The summed E-state index contributed by atoms with van der Waals surface area (Å²) >= 11 is 0. The zero-order valence-corrected chi connectivity index (χ0v) is 15.3. The van der Waals surface area contributed by atoms with Gasteiger partial charge in [-0.05, 0) is 12.8 Å². The van der Waals surface area contributed by atoms with Gasteiger partial charge in [-0.25, -0.2) is 4.39 Å². The third-order valence-electron chi connectivity index (χ3n) is 4.67. The highest BCUT2D eigenvalue weighted by molar-refractivity contribution is 4.65. The second-order valence-corrected chi connectivity index (χ2v) is 6.88. The average molecular weight is 317 g/mol. The number of unbranched alkanes of at least 4 members (excludes halogenated alkanes) is 13. The Morgan fingerprint density at radius 2 is 1.00 bits per heavy atom. The van der Waals surface area contributed by atoms with Crippen LogP contribution in [-0.4, -0.2) is 17.4 Å². The predicted octanol–water partition coefficient (Wildman–Crippen LogP) is 6.97. The molecule has 2 unspecified atom stereocenters. The lowest BCUT2D eigenvalue weighted by atomic mass is 10.0. The number of halogens is 1. The van der Waals surface area contributed by atoms with Crippen LogP contribution in [0.2, 0.25) is 0 Å². The van der Waals surface area contributed by atoms with Crippen LogP contribution >= 0.6 is 0 Å². The van der Waals surface area contributed by atoms with Crippen LogP contribution in [-0.2, 0) is 0 Å². The molecule has 0 bridgehead atoms. The standard InChI is InChI=1S/C20H41FO/c1-3-5-6-7-8-9-10-11-12-13-14-15-16-17-18-19(21)20(22)4-2/h19-20,22H,3-18H2,1-2H3. The number of aliphatic hydroxyl groups is 1. The van der Waals surface area contributed by atoms with Crippen LogP contribution in [0.3, 0.4) is 0 Å². The minimum atomic E-state index is -1.01. The maximum Gasteiger partial charge on any atom is 0.126 e. The molecule has 0 heterocycles. The van der Waals surface area contributed by atoms with E-state index in [9.17, 15) is 9.50 Å². The van der Waals surface area contributed by atoms with Crippen molar-refractivity contribution in [1.29, 1.82) is 0 Å². The Morgan fingerprint density at radius 3 is 1.36 bits per heavy atom. The molecule has 134 valence electrons. The smallest absolute Gasteiger partial charge is 0.126 e. The molecule has 0 saturated heterocycles. The molecule has 0 aromatic carbocycles. The van der Waals surface area contributed by atoms with Gasteiger partial charge in [0.25, 0.3) is 0 Å². The maximum atomic E-state index is 13.4. The van der Waals surface area contributed by atoms with Crippen molar-refractivity contribution in [3.8, 4) is 0 Å². The third kappa shape index (κ3) is 14.8. The van der Waals surface area contributed by atoms with Crippen molar-refractivity contribution in [2.75, 3.05) is 0 Å². The van der Waals surface area contributed by atoms with Crippen LogP contribution in [0, 0.1) is 0 Å². The van der Waals surface area contributed by atoms with Gasteiger partial charge in [-0.15, -0.1) is 0 Å². The lowest BCUT2D eigenvalue weighted by molar-refractivity contribution is 0.0682. The van der Waals surface area contributed by atoms with Crippen molar-refractivity contribution < 1.29 is 9.50 Å². The SMILES string of the molecule is CCCCCCCCCCCCCCCCC(F)C(O)CC. The zero-order chi connectivity index (χ0) is 16.5. The van der Waals surface area contributed by atoms with Gasteiger partial charge in [0, 0.05) is 0 Å². The maximum absolute atomic E-state index is 13.4. The predicted molar refractivity (Wildman–Crippen MR) is 96.1 cm³/mol. The molecule has 0 aliphatic carbocycles. The summed E-state index contributed by atoms with van der Waals surface area (Å²) < 4.78 is 13.4. The first-order chi connectivity index (χ1) is 10.7. The Balaban J connectivity index is 3.08. The molecule has 22 heavy (non-hydrogen) atoms. The quantitative estimate of drug-likeness (QED) is 0.287. The summed E-state index contributed by atoms with van der Waals surface area (Å²) in [5.41, 5.74) is 0. The first-order valence-electron chi connectivity index (χ1n) is 10.0. The molecule has 0 amide bonds. The van der Waals surface area contributed by atoms with Crippen LogP contribution in [0.4, 0.5) is 4.39 Å². The van der Waals surface area contributed by atoms with Crippen molar-refractivity contribution in [3.05, 3.63) is 0 Å². The van der Waals surface area contributed by atoms with E-state index in [1.54, 1.807) is 0 Å². The first kappa shape index (κ1) is 21.9. The normalized spacial score (nSPS) is 14.2. The van der Waals surface area contributed by atoms with Crippen LogP contribution in [0.5, 0.6) is 0 Å². The van der Waals surface area contributed by atoms with Crippen LogP contribution in [0.25, 0.3) is 0 Å². The first-order valence-corrected chi connectivity index (χ1v) is 10.0. The van der Waals surface area contributed by atoms with Crippen molar-refractivity contribution in [2.24, 2.45) is 0 Å². The fourth-order valence-electron chi connectivity index (χ4n) is 2.98. The molecule has 1 N–H and O–H groups in total. The molecule has 2 atom stereocenters. The van der Waals surface area contributed by atoms with Gasteiger partial charge in [-0.2, -0.15) is 0 Å². The Bertz CT molecular complexity index is 208. The number of rotatable bonds is 17. The van der Waals surface area contributed by atoms with Gasteiger partial charge in [0.1, 0.15) is 6.17 Å². The number of alkyl halides is 1. The number of hydrogen-bond donors (Lipinski definition) is 1. The van der Waals surface area contributed by atoms with E-state index in [4.69, 9.17) is 0 Å². The molecule has 0 aliphatic rings. The highest BCUT2D eigenvalue weighted by Crippen LogP contribution is 2.15. The van der Waals surface area contributed by atoms with Gasteiger partial charge in [0.05, 0.1) is 6.10 Å². The minimum Gasteiger partial charge on any atom is -0.390 e. The van der Waals surface area contributed by atoms with Crippen molar-refractivity contribution in [1.82, 2.24) is 0 Å². The Hall–Kier alpha value is -0.110. The van der Waals surface area contributed by atoms with Gasteiger partial charge in [-0.1, -0.05) is 104 Å². The summed E-state index contributed by atoms with van der Waals surface area (Å²) in [5.74, 6) is 0. The molecular weight excluding hydrogens is 275 g/mol. The van der Waals surface area contributed by atoms with E-state index in [-0.39, 0.29) is 0 Å². The molecule has 0 aromatic heterocycles. The summed E-state index contributed by atoms with van der Waals surface area (Å²) in [7, 11) is 0. The molecule has 0 rings (SSSR count). The molecule has 0 fully saturated rings. The van der Waals surface area contributed by atoms with E-state index in [2.05, 4.69) is 6.92 Å². The molecular formula is C20H41FO. The Labute approximate surface area is 139 Å². The minimum absolute atomic E-state index is 0.528. The molecule has 0 aromatic rings. The average Bonchev–Trinajstić information content (AvgIpc) is 2.54. The largest absolute Gasteiger partial charge is 0.390 e. The van der Waals surface area contributed by atoms with E-state index < -0.39 is 12.3 Å². The van der Waals surface area contributed by atoms with Crippen LogP contribution in [0.15, 0.2) is 0 Å². The van der Waals surface area contributed by atoms with E-state index in [1.807, 2.05) is 6.92 Å². The highest BCUT2D eigenvalue weighted by Gasteiger charge is 2.14. The lowest BCUT2D eigenvalue weighted by Gasteiger charge is -2.13. The van der Waals surface area contributed by atoms with Crippen LogP contribution < -0.4 is 0 Å². The zero-order valence-electron chi connectivity index (χ0n) is 15.3. The summed E-state index contributed by atoms with van der Waals surface area (Å²) in [6.45, 7) is 4.10. The second kappa shape index (κ2) is 17.2. The van der Waals surface area contributed by atoms with E-state index >= 15 is 0 Å². The fraction of sp³-hybridized carbons (Fsp3) is 1.00. The van der Waals surface area contributed by atoms with E-state index in [1.165, 1.54) is 77.0 Å². The molecule has 0 radical (unpaired) electrons. The molecule has 0 aliphatic heterocycles. The van der Waals surface area contributed by atoms with Crippen molar-refractivity contribution >= 4 is 0 Å².